The maximum Gasteiger partial charge on any atom is 0.0656 e. The average Bonchev–Trinajstić information content (AvgIpc) is 3.37. The largest absolute Gasteiger partial charge is 0.309 e. The van der Waals surface area contributed by atoms with Gasteiger partial charge in [0.25, 0.3) is 0 Å². The first-order valence-corrected chi connectivity index (χ1v) is 14.6. The van der Waals surface area contributed by atoms with Crippen molar-refractivity contribution >= 4 is 76.3 Å². The molecule has 0 N–H and O–H groups in total. The zero-order valence-electron chi connectivity index (χ0n) is 22.2. The van der Waals surface area contributed by atoms with Crippen LogP contribution < -0.4 is 4.90 Å². The van der Waals surface area contributed by atoms with E-state index in [0.29, 0.717) is 0 Å². The molecule has 0 saturated heterocycles. The van der Waals surface area contributed by atoms with Crippen LogP contribution >= 0.6 is 15.9 Å². The predicted octanol–water partition coefficient (Wildman–Crippen LogP) is 11.3. The van der Waals surface area contributed by atoms with E-state index < -0.39 is 0 Å². The van der Waals surface area contributed by atoms with Gasteiger partial charge in [-0.3, -0.25) is 0 Å². The van der Waals surface area contributed by atoms with Crippen LogP contribution in [0.25, 0.3) is 49.0 Å². The highest BCUT2D eigenvalue weighted by atomic mass is 79.9. The van der Waals surface area contributed by atoms with Crippen molar-refractivity contribution in [2.45, 2.75) is 0 Å². The van der Waals surface area contributed by atoms with Crippen LogP contribution in [0.3, 0.4) is 0 Å². The summed E-state index contributed by atoms with van der Waals surface area (Å²) in [4.78, 5) is 2.36. The highest BCUT2D eigenvalue weighted by Gasteiger charge is 2.22. The lowest BCUT2D eigenvalue weighted by Gasteiger charge is -2.28. The number of nitrogens with zero attached hydrogens (tertiary/aromatic N) is 2. The molecule has 1 aromatic heterocycles. The summed E-state index contributed by atoms with van der Waals surface area (Å²) in [5.41, 5.74) is 6.81. The van der Waals surface area contributed by atoms with Gasteiger partial charge in [0.2, 0.25) is 0 Å². The third-order valence-electron chi connectivity index (χ3n) is 8.02. The van der Waals surface area contributed by atoms with Gasteiger partial charge < -0.3 is 9.47 Å². The molecule has 0 aliphatic carbocycles. The molecule has 8 rings (SSSR count). The van der Waals surface area contributed by atoms with Crippen molar-refractivity contribution in [1.82, 2.24) is 4.57 Å². The van der Waals surface area contributed by atoms with E-state index in [2.05, 4.69) is 177 Å². The van der Waals surface area contributed by atoms with Crippen LogP contribution in [0, 0.1) is 0 Å². The van der Waals surface area contributed by atoms with E-state index in [4.69, 9.17) is 0 Å². The summed E-state index contributed by atoms with van der Waals surface area (Å²) in [5, 5.41) is 7.48. The Labute approximate surface area is 246 Å². The Morgan fingerprint density at radius 3 is 1.88 bits per heavy atom. The fraction of sp³-hybridized carbons (Fsp3) is 0. The Balaban J connectivity index is 1.44. The number of hydrogen-bond donors (Lipinski definition) is 0. The molecule has 2 nitrogen and oxygen atoms in total. The van der Waals surface area contributed by atoms with Gasteiger partial charge in [-0.15, -0.1) is 0 Å². The van der Waals surface area contributed by atoms with Crippen molar-refractivity contribution in [3.63, 3.8) is 0 Å². The number of anilines is 3. The van der Waals surface area contributed by atoms with Crippen LogP contribution in [-0.2, 0) is 0 Å². The van der Waals surface area contributed by atoms with E-state index in [0.717, 1.165) is 27.2 Å². The third-order valence-corrected chi connectivity index (χ3v) is 8.84. The van der Waals surface area contributed by atoms with Crippen LogP contribution in [0.4, 0.5) is 17.1 Å². The zero-order valence-corrected chi connectivity index (χ0v) is 23.8. The zero-order chi connectivity index (χ0) is 27.3. The van der Waals surface area contributed by atoms with Gasteiger partial charge in [-0.05, 0) is 74.6 Å². The Morgan fingerprint density at radius 1 is 0.439 bits per heavy atom. The van der Waals surface area contributed by atoms with E-state index >= 15 is 0 Å². The van der Waals surface area contributed by atoms with Crippen molar-refractivity contribution in [3.8, 4) is 5.69 Å². The molecule has 0 fully saturated rings. The molecule has 41 heavy (non-hydrogen) atoms. The summed E-state index contributed by atoms with van der Waals surface area (Å²) in [6.45, 7) is 0. The number of aromatic nitrogens is 1. The molecule has 3 heteroatoms. The maximum atomic E-state index is 4.12. The number of halogens is 1. The summed E-state index contributed by atoms with van der Waals surface area (Å²) in [7, 11) is 0. The Morgan fingerprint density at radius 2 is 1.05 bits per heavy atom. The van der Waals surface area contributed by atoms with Gasteiger partial charge in [-0.2, -0.15) is 0 Å². The van der Waals surface area contributed by atoms with Crippen molar-refractivity contribution in [2.24, 2.45) is 0 Å². The molecule has 0 bridgehead atoms. The summed E-state index contributed by atoms with van der Waals surface area (Å²) < 4.78 is 3.43. The first kappa shape index (κ1) is 24.0. The fourth-order valence-corrected chi connectivity index (χ4v) is 6.86. The molecule has 0 atom stereocenters. The molecule has 7 aromatic carbocycles. The molecular formula is C38H25BrN2. The minimum absolute atomic E-state index is 1.03. The molecule has 0 unspecified atom stereocenters. The van der Waals surface area contributed by atoms with Crippen LogP contribution in [-0.4, -0.2) is 4.57 Å². The van der Waals surface area contributed by atoms with E-state index in [-0.39, 0.29) is 0 Å². The lowest BCUT2D eigenvalue weighted by molar-refractivity contribution is 1.16. The van der Waals surface area contributed by atoms with Crippen LogP contribution in [0.2, 0.25) is 0 Å². The van der Waals surface area contributed by atoms with E-state index in [9.17, 15) is 0 Å². The molecule has 0 radical (unpaired) electrons. The molecule has 8 aromatic rings. The van der Waals surface area contributed by atoms with Gasteiger partial charge in [0, 0.05) is 21.8 Å². The van der Waals surface area contributed by atoms with Gasteiger partial charge >= 0.3 is 0 Å². The Kier molecular flexibility index (Phi) is 5.65. The number of hydrogen-bond acceptors (Lipinski definition) is 1. The van der Waals surface area contributed by atoms with Crippen molar-refractivity contribution in [2.75, 3.05) is 4.90 Å². The molecule has 0 amide bonds. The van der Waals surface area contributed by atoms with Crippen LogP contribution in [0.1, 0.15) is 0 Å². The van der Waals surface area contributed by atoms with Crippen molar-refractivity contribution < 1.29 is 0 Å². The Bertz CT molecular complexity index is 2220. The molecule has 0 spiro atoms. The fourth-order valence-electron chi connectivity index (χ4n) is 6.24. The second-order valence-corrected chi connectivity index (χ2v) is 11.1. The normalized spacial score (nSPS) is 11.5. The van der Waals surface area contributed by atoms with Crippen molar-refractivity contribution in [1.29, 1.82) is 0 Å². The first-order chi connectivity index (χ1) is 20.3. The third kappa shape index (κ3) is 3.77. The lowest BCUT2D eigenvalue weighted by Crippen LogP contribution is -2.12. The van der Waals surface area contributed by atoms with Crippen LogP contribution in [0.15, 0.2) is 156 Å². The SMILES string of the molecule is Brc1c(N(c2ccccc2)c2cccc3ccccc23)cccc1-n1c2ccccc2c2c3ccccc3ccc21. The monoisotopic (exact) mass is 588 g/mol. The van der Waals surface area contributed by atoms with Gasteiger partial charge in [-0.1, -0.05) is 109 Å². The van der Waals surface area contributed by atoms with E-state index in [1.807, 2.05) is 0 Å². The first-order valence-electron chi connectivity index (χ1n) is 13.8. The molecule has 194 valence electrons. The van der Waals surface area contributed by atoms with Gasteiger partial charge in [-0.25, -0.2) is 0 Å². The predicted molar refractivity (Wildman–Crippen MR) is 178 cm³/mol. The molecule has 0 aliphatic rings. The standard InChI is InChI=1S/C38H25BrN2/c39-38-35(40(28-15-2-1-3-16-28)32-21-10-14-26-12-4-6-17-29(26)32)22-11-23-36(38)41-33-20-9-8-19-31(33)37-30-18-7-5-13-27(30)24-25-34(37)41/h1-25H. The van der Waals surface area contributed by atoms with Gasteiger partial charge in [0.15, 0.2) is 0 Å². The van der Waals surface area contributed by atoms with E-state index in [1.165, 1.54) is 43.4 Å². The topological polar surface area (TPSA) is 8.17 Å². The summed E-state index contributed by atoms with van der Waals surface area (Å²) in [6.07, 6.45) is 0. The summed E-state index contributed by atoms with van der Waals surface area (Å²) in [5.74, 6) is 0. The maximum absolute atomic E-state index is 4.12. The summed E-state index contributed by atoms with van der Waals surface area (Å²) >= 11 is 4.12. The average molecular weight is 590 g/mol. The van der Waals surface area contributed by atoms with Crippen molar-refractivity contribution in [3.05, 3.63) is 156 Å². The minimum atomic E-state index is 1.03. The van der Waals surface area contributed by atoms with Crippen LogP contribution in [0.5, 0.6) is 0 Å². The van der Waals surface area contributed by atoms with Gasteiger partial charge in [0.05, 0.1) is 32.6 Å². The minimum Gasteiger partial charge on any atom is -0.309 e. The number of rotatable bonds is 4. The number of benzene rings is 7. The van der Waals surface area contributed by atoms with Gasteiger partial charge in [0.1, 0.15) is 0 Å². The highest BCUT2D eigenvalue weighted by molar-refractivity contribution is 9.10. The summed E-state index contributed by atoms with van der Waals surface area (Å²) in [6, 6.07) is 54.2. The van der Waals surface area contributed by atoms with E-state index in [1.54, 1.807) is 0 Å². The number of para-hydroxylation sites is 2. The smallest absolute Gasteiger partial charge is 0.0656 e. The second kappa shape index (κ2) is 9.65. The lowest BCUT2D eigenvalue weighted by atomic mass is 10.0. The quantitative estimate of drug-likeness (QED) is 0.198. The number of fused-ring (bicyclic) bond motifs is 6. The molecule has 0 aliphatic heterocycles. The Hall–Kier alpha value is -4.86. The second-order valence-electron chi connectivity index (χ2n) is 10.3. The highest BCUT2D eigenvalue weighted by Crippen LogP contribution is 2.45. The molecular weight excluding hydrogens is 564 g/mol. The molecule has 1 heterocycles. The molecule has 0 saturated carbocycles.